The Morgan fingerprint density at radius 3 is 2.22 bits per heavy atom. The number of nitrogens with zero attached hydrogens (tertiary/aromatic N) is 1. The summed E-state index contributed by atoms with van der Waals surface area (Å²) >= 11 is 3.37. The van der Waals surface area contributed by atoms with E-state index in [0.717, 1.165) is 10.0 Å². The summed E-state index contributed by atoms with van der Waals surface area (Å²) in [6.07, 6.45) is 6.77. The van der Waals surface area contributed by atoms with Crippen LogP contribution < -0.4 is 0 Å². The number of rotatable bonds is 6. The van der Waals surface area contributed by atoms with Gasteiger partial charge >= 0.3 is 0 Å². The van der Waals surface area contributed by atoms with Gasteiger partial charge in [-0.3, -0.25) is 4.79 Å². The second-order valence-electron chi connectivity index (χ2n) is 3.71. The minimum absolute atomic E-state index is 0.0438. The van der Waals surface area contributed by atoms with Gasteiger partial charge in [-0.25, -0.2) is 0 Å². The zero-order chi connectivity index (χ0) is 13.4. The van der Waals surface area contributed by atoms with E-state index < -0.39 is 0 Å². The molecule has 1 aromatic rings. The van der Waals surface area contributed by atoms with Gasteiger partial charge in [0.1, 0.15) is 0 Å². The number of carbonyl (C=O) groups is 1. The second-order valence-corrected chi connectivity index (χ2v) is 4.62. The Morgan fingerprint density at radius 1 is 1.17 bits per heavy atom. The Morgan fingerprint density at radius 2 is 1.72 bits per heavy atom. The first-order valence-corrected chi connectivity index (χ1v) is 6.41. The molecule has 1 amide bonds. The molecule has 0 aromatic heterocycles. The predicted octanol–water partition coefficient (Wildman–Crippen LogP) is 3.66. The van der Waals surface area contributed by atoms with Gasteiger partial charge in [-0.05, 0) is 23.8 Å². The van der Waals surface area contributed by atoms with E-state index in [2.05, 4.69) is 29.1 Å². The molecule has 0 N–H and O–H groups in total. The predicted molar refractivity (Wildman–Crippen MR) is 80.2 cm³/mol. The van der Waals surface area contributed by atoms with Crippen LogP contribution in [0.5, 0.6) is 0 Å². The van der Waals surface area contributed by atoms with Crippen molar-refractivity contribution in [2.24, 2.45) is 0 Å². The van der Waals surface area contributed by atoms with Crippen LogP contribution in [0.4, 0.5) is 0 Å². The van der Waals surface area contributed by atoms with Crippen molar-refractivity contribution in [3.8, 4) is 0 Å². The van der Waals surface area contributed by atoms with Gasteiger partial charge in [0.25, 0.3) is 0 Å². The van der Waals surface area contributed by atoms with Gasteiger partial charge in [-0.2, -0.15) is 0 Å². The van der Waals surface area contributed by atoms with Gasteiger partial charge in [0, 0.05) is 23.6 Å². The first kappa shape index (κ1) is 14.5. The van der Waals surface area contributed by atoms with Crippen LogP contribution >= 0.6 is 15.9 Å². The summed E-state index contributed by atoms with van der Waals surface area (Å²) in [7, 11) is 0. The minimum atomic E-state index is -0.0438. The molecule has 0 saturated heterocycles. The van der Waals surface area contributed by atoms with Crippen LogP contribution in [-0.2, 0) is 4.79 Å². The highest BCUT2D eigenvalue weighted by atomic mass is 79.9. The van der Waals surface area contributed by atoms with E-state index >= 15 is 0 Å². The number of hydrogen-bond donors (Lipinski definition) is 0. The lowest BCUT2D eigenvalue weighted by Gasteiger charge is -2.16. The third kappa shape index (κ3) is 4.72. The molecular weight excluding hydrogens is 290 g/mol. The van der Waals surface area contributed by atoms with Crippen LogP contribution in [0.3, 0.4) is 0 Å². The van der Waals surface area contributed by atoms with E-state index in [0.29, 0.717) is 13.1 Å². The molecule has 0 fully saturated rings. The topological polar surface area (TPSA) is 20.3 Å². The SMILES string of the molecule is C=CCN(CC=C)C(=O)C=Cc1ccc(Br)cc1. The fourth-order valence-corrected chi connectivity index (χ4v) is 1.68. The van der Waals surface area contributed by atoms with E-state index in [4.69, 9.17) is 0 Å². The average molecular weight is 306 g/mol. The smallest absolute Gasteiger partial charge is 0.247 e. The van der Waals surface area contributed by atoms with Crippen molar-refractivity contribution in [3.05, 3.63) is 65.7 Å². The highest BCUT2D eigenvalue weighted by Gasteiger charge is 2.05. The fourth-order valence-electron chi connectivity index (χ4n) is 1.41. The summed E-state index contributed by atoms with van der Waals surface area (Å²) < 4.78 is 1.02. The Labute approximate surface area is 116 Å². The maximum atomic E-state index is 11.9. The van der Waals surface area contributed by atoms with Gasteiger partial charge in [0.2, 0.25) is 5.91 Å². The zero-order valence-electron chi connectivity index (χ0n) is 10.2. The van der Waals surface area contributed by atoms with Crippen molar-refractivity contribution in [1.82, 2.24) is 4.90 Å². The van der Waals surface area contributed by atoms with Crippen molar-refractivity contribution in [3.63, 3.8) is 0 Å². The number of amides is 1. The van der Waals surface area contributed by atoms with Crippen LogP contribution in [0.2, 0.25) is 0 Å². The number of hydrogen-bond acceptors (Lipinski definition) is 1. The molecule has 0 aliphatic rings. The molecule has 0 bridgehead atoms. The summed E-state index contributed by atoms with van der Waals surface area (Å²) in [6.45, 7) is 8.32. The largest absolute Gasteiger partial charge is 0.332 e. The molecule has 0 radical (unpaired) electrons. The van der Waals surface area contributed by atoms with Crippen LogP contribution in [0.15, 0.2) is 60.1 Å². The number of carbonyl (C=O) groups excluding carboxylic acids is 1. The highest BCUT2D eigenvalue weighted by molar-refractivity contribution is 9.10. The summed E-state index contributed by atoms with van der Waals surface area (Å²) in [5.74, 6) is -0.0438. The molecular formula is C15H16BrNO. The normalized spacial score (nSPS) is 10.3. The molecule has 0 heterocycles. The molecule has 0 aliphatic heterocycles. The van der Waals surface area contributed by atoms with Gasteiger partial charge in [0.15, 0.2) is 0 Å². The summed E-state index contributed by atoms with van der Waals surface area (Å²) in [5.41, 5.74) is 0.990. The molecule has 0 atom stereocenters. The Balaban J connectivity index is 2.69. The standard InChI is InChI=1S/C15H16BrNO/c1-3-11-17(12-4-2)15(18)10-7-13-5-8-14(16)9-6-13/h3-10H,1-2,11-12H2. The van der Waals surface area contributed by atoms with Crippen molar-refractivity contribution in [1.29, 1.82) is 0 Å². The van der Waals surface area contributed by atoms with E-state index in [1.54, 1.807) is 29.2 Å². The first-order valence-electron chi connectivity index (χ1n) is 5.61. The third-order valence-electron chi connectivity index (χ3n) is 2.30. The van der Waals surface area contributed by atoms with Crippen LogP contribution in [0, 0.1) is 0 Å². The Bertz CT molecular complexity index is 438. The van der Waals surface area contributed by atoms with E-state index in [9.17, 15) is 4.79 Å². The molecule has 0 spiro atoms. The Hall–Kier alpha value is -1.61. The summed E-state index contributed by atoms with van der Waals surface area (Å²) in [6, 6.07) is 7.77. The van der Waals surface area contributed by atoms with Crippen molar-refractivity contribution >= 4 is 27.9 Å². The monoisotopic (exact) mass is 305 g/mol. The molecule has 18 heavy (non-hydrogen) atoms. The fraction of sp³-hybridized carbons (Fsp3) is 0.133. The molecule has 3 heteroatoms. The molecule has 1 rings (SSSR count). The van der Waals surface area contributed by atoms with Crippen LogP contribution in [-0.4, -0.2) is 23.9 Å². The maximum Gasteiger partial charge on any atom is 0.247 e. The summed E-state index contributed by atoms with van der Waals surface area (Å²) in [4.78, 5) is 13.6. The molecule has 0 saturated carbocycles. The maximum absolute atomic E-state index is 11.9. The van der Waals surface area contributed by atoms with Crippen molar-refractivity contribution < 1.29 is 4.79 Å². The van der Waals surface area contributed by atoms with E-state index in [1.807, 2.05) is 24.3 Å². The van der Waals surface area contributed by atoms with E-state index in [1.165, 1.54) is 0 Å². The molecule has 0 aliphatic carbocycles. The van der Waals surface area contributed by atoms with Crippen molar-refractivity contribution in [2.45, 2.75) is 0 Å². The number of halogens is 1. The first-order chi connectivity index (χ1) is 8.67. The molecule has 1 aromatic carbocycles. The zero-order valence-corrected chi connectivity index (χ0v) is 11.8. The van der Waals surface area contributed by atoms with Gasteiger partial charge in [-0.1, -0.05) is 40.2 Å². The summed E-state index contributed by atoms with van der Waals surface area (Å²) in [5, 5.41) is 0. The van der Waals surface area contributed by atoms with Crippen LogP contribution in [0.1, 0.15) is 5.56 Å². The van der Waals surface area contributed by atoms with Crippen LogP contribution in [0.25, 0.3) is 6.08 Å². The van der Waals surface area contributed by atoms with E-state index in [-0.39, 0.29) is 5.91 Å². The Kier molecular flexibility index (Phi) is 6.15. The second kappa shape index (κ2) is 7.67. The lowest BCUT2D eigenvalue weighted by molar-refractivity contribution is -0.124. The van der Waals surface area contributed by atoms with Crippen molar-refractivity contribution in [2.75, 3.05) is 13.1 Å². The molecule has 2 nitrogen and oxygen atoms in total. The van der Waals surface area contributed by atoms with Gasteiger partial charge in [-0.15, -0.1) is 13.2 Å². The minimum Gasteiger partial charge on any atom is -0.332 e. The quantitative estimate of drug-likeness (QED) is 0.580. The highest BCUT2D eigenvalue weighted by Crippen LogP contribution is 2.11. The van der Waals surface area contributed by atoms with Gasteiger partial charge in [0.05, 0.1) is 0 Å². The third-order valence-corrected chi connectivity index (χ3v) is 2.83. The lowest BCUT2D eigenvalue weighted by atomic mass is 10.2. The molecule has 94 valence electrons. The number of benzene rings is 1. The lowest BCUT2D eigenvalue weighted by Crippen LogP contribution is -2.29. The average Bonchev–Trinajstić information content (AvgIpc) is 2.37. The molecule has 0 unspecified atom stereocenters. The van der Waals surface area contributed by atoms with Gasteiger partial charge < -0.3 is 4.90 Å².